The Kier molecular flexibility index (Phi) is 5.92. The number of para-hydroxylation sites is 1. The van der Waals surface area contributed by atoms with Gasteiger partial charge in [0.15, 0.2) is 9.84 Å². The van der Waals surface area contributed by atoms with Crippen LogP contribution in [0, 0.1) is 0 Å². The Balaban J connectivity index is 1.51. The lowest BCUT2D eigenvalue weighted by Crippen LogP contribution is -2.42. The number of hydrogen-bond acceptors (Lipinski definition) is 6. The summed E-state index contributed by atoms with van der Waals surface area (Å²) >= 11 is 1.54. The lowest BCUT2D eigenvalue weighted by atomic mass is 10.1. The van der Waals surface area contributed by atoms with Gasteiger partial charge in [-0.3, -0.25) is 9.59 Å². The van der Waals surface area contributed by atoms with E-state index in [0.29, 0.717) is 12.1 Å². The van der Waals surface area contributed by atoms with E-state index < -0.39 is 15.9 Å². The van der Waals surface area contributed by atoms with Crippen LogP contribution < -0.4 is 5.32 Å². The molecule has 30 heavy (non-hydrogen) atoms. The summed E-state index contributed by atoms with van der Waals surface area (Å²) in [7, 11) is -3.16. The third-order valence-corrected chi connectivity index (χ3v) is 7.82. The summed E-state index contributed by atoms with van der Waals surface area (Å²) < 4.78 is 23.5. The lowest BCUT2D eigenvalue weighted by molar-refractivity contribution is -0.133. The number of anilines is 1. The quantitative estimate of drug-likeness (QED) is 0.767. The average molecular weight is 444 g/mol. The topological polar surface area (TPSA) is 95.9 Å². The number of nitrogens with one attached hydrogen (secondary N) is 1. The normalized spacial score (nSPS) is 20.7. The molecule has 0 bridgehead atoms. The first-order chi connectivity index (χ1) is 14.4. The van der Waals surface area contributed by atoms with Crippen molar-refractivity contribution in [3.63, 3.8) is 0 Å². The molecule has 4 rings (SSSR count). The van der Waals surface area contributed by atoms with Crippen LogP contribution in [0.25, 0.3) is 0 Å². The number of hydrazone groups is 1. The Labute approximate surface area is 179 Å². The molecule has 2 aromatic rings. The third kappa shape index (κ3) is 4.73. The van der Waals surface area contributed by atoms with Gasteiger partial charge in [0.1, 0.15) is 5.71 Å². The molecule has 0 aliphatic carbocycles. The Morgan fingerprint density at radius 3 is 2.53 bits per heavy atom. The number of amides is 2. The SMILES string of the molecule is O=C(Nc1ccccc1Sc1ccccc1)C1=NN(C2CCS(=O)(=O)C2)C(=O)CC1. The van der Waals surface area contributed by atoms with Gasteiger partial charge in [0.2, 0.25) is 5.91 Å². The van der Waals surface area contributed by atoms with Crippen molar-refractivity contribution in [3.05, 3.63) is 54.6 Å². The van der Waals surface area contributed by atoms with E-state index >= 15 is 0 Å². The van der Waals surface area contributed by atoms with Gasteiger partial charge in [0.05, 0.1) is 23.2 Å². The second-order valence-electron chi connectivity index (χ2n) is 7.21. The van der Waals surface area contributed by atoms with Crippen LogP contribution in [0.2, 0.25) is 0 Å². The van der Waals surface area contributed by atoms with E-state index in [9.17, 15) is 18.0 Å². The highest BCUT2D eigenvalue weighted by atomic mass is 32.2. The van der Waals surface area contributed by atoms with Gasteiger partial charge in [-0.25, -0.2) is 13.4 Å². The molecule has 1 N–H and O–H groups in total. The molecular weight excluding hydrogens is 422 g/mol. The first-order valence-electron chi connectivity index (χ1n) is 9.64. The summed E-state index contributed by atoms with van der Waals surface area (Å²) in [6, 6.07) is 16.8. The van der Waals surface area contributed by atoms with Gasteiger partial charge >= 0.3 is 0 Å². The number of carbonyl (C=O) groups excluding carboxylic acids is 2. The van der Waals surface area contributed by atoms with Gasteiger partial charge in [-0.1, -0.05) is 42.1 Å². The predicted molar refractivity (Wildman–Crippen MR) is 116 cm³/mol. The molecule has 9 heteroatoms. The molecule has 1 unspecified atom stereocenters. The molecule has 2 aliphatic heterocycles. The predicted octanol–water partition coefficient (Wildman–Crippen LogP) is 2.94. The van der Waals surface area contributed by atoms with Crippen LogP contribution in [0.1, 0.15) is 19.3 Å². The summed E-state index contributed by atoms with van der Waals surface area (Å²) in [5.74, 6) is -0.681. The van der Waals surface area contributed by atoms with Crippen LogP contribution in [0.4, 0.5) is 5.69 Å². The van der Waals surface area contributed by atoms with Gasteiger partial charge in [0.25, 0.3) is 5.91 Å². The molecule has 0 saturated carbocycles. The van der Waals surface area contributed by atoms with E-state index in [2.05, 4.69) is 10.4 Å². The highest BCUT2D eigenvalue weighted by Crippen LogP contribution is 2.33. The zero-order valence-corrected chi connectivity index (χ0v) is 17.8. The van der Waals surface area contributed by atoms with Crippen LogP contribution >= 0.6 is 11.8 Å². The van der Waals surface area contributed by atoms with Crippen molar-refractivity contribution in [2.75, 3.05) is 16.8 Å². The molecule has 1 atom stereocenters. The van der Waals surface area contributed by atoms with Gasteiger partial charge in [-0.05, 0) is 30.7 Å². The number of carbonyl (C=O) groups is 2. The van der Waals surface area contributed by atoms with Crippen LogP contribution in [0.15, 0.2) is 69.5 Å². The fraction of sp³-hybridized carbons (Fsp3) is 0.286. The Morgan fingerprint density at radius 2 is 1.80 bits per heavy atom. The molecule has 0 aromatic heterocycles. The maximum atomic E-state index is 12.9. The number of sulfone groups is 1. The molecule has 2 amide bonds. The van der Waals surface area contributed by atoms with Crippen LogP contribution in [0.5, 0.6) is 0 Å². The number of hydrogen-bond donors (Lipinski definition) is 1. The second-order valence-corrected chi connectivity index (χ2v) is 10.6. The van der Waals surface area contributed by atoms with Crippen LogP contribution in [-0.4, -0.2) is 48.5 Å². The minimum Gasteiger partial charge on any atom is -0.320 e. The molecule has 0 radical (unpaired) electrons. The van der Waals surface area contributed by atoms with Crippen molar-refractivity contribution in [2.24, 2.45) is 5.10 Å². The molecule has 2 aliphatic rings. The smallest absolute Gasteiger partial charge is 0.271 e. The lowest BCUT2D eigenvalue weighted by Gasteiger charge is -2.27. The molecule has 2 aromatic carbocycles. The minimum atomic E-state index is -3.16. The molecule has 1 saturated heterocycles. The summed E-state index contributed by atoms with van der Waals surface area (Å²) in [5, 5.41) is 8.34. The van der Waals surface area contributed by atoms with E-state index in [1.807, 2.05) is 54.6 Å². The average Bonchev–Trinajstić information content (AvgIpc) is 3.10. The van der Waals surface area contributed by atoms with Crippen molar-refractivity contribution in [1.82, 2.24) is 5.01 Å². The van der Waals surface area contributed by atoms with Gasteiger partial charge in [-0.2, -0.15) is 5.10 Å². The van der Waals surface area contributed by atoms with Crippen LogP contribution in [0.3, 0.4) is 0 Å². The van der Waals surface area contributed by atoms with Gasteiger partial charge in [-0.15, -0.1) is 0 Å². The van der Waals surface area contributed by atoms with Crippen molar-refractivity contribution in [3.8, 4) is 0 Å². The second kappa shape index (κ2) is 8.61. The maximum absolute atomic E-state index is 12.9. The standard InChI is InChI=1S/C21H21N3O4S2/c25-20-11-10-18(23-24(20)15-12-13-30(27,28)14-15)21(26)22-17-8-4-5-9-19(17)29-16-6-2-1-3-7-16/h1-9,15H,10-14H2,(H,22,26). The maximum Gasteiger partial charge on any atom is 0.271 e. The van der Waals surface area contributed by atoms with Crippen LogP contribution in [-0.2, 0) is 19.4 Å². The summed E-state index contributed by atoms with van der Waals surface area (Å²) in [4.78, 5) is 27.1. The van der Waals surface area contributed by atoms with Gasteiger partial charge in [0, 0.05) is 22.6 Å². The Morgan fingerprint density at radius 1 is 1.07 bits per heavy atom. The van der Waals surface area contributed by atoms with E-state index in [1.165, 1.54) is 16.8 Å². The number of rotatable bonds is 5. The van der Waals surface area contributed by atoms with E-state index in [4.69, 9.17) is 0 Å². The van der Waals surface area contributed by atoms with E-state index in [0.717, 1.165) is 9.79 Å². The monoisotopic (exact) mass is 443 g/mol. The molecule has 156 valence electrons. The van der Waals surface area contributed by atoms with Gasteiger partial charge < -0.3 is 5.32 Å². The minimum absolute atomic E-state index is 0.0442. The Hall–Kier alpha value is -2.65. The van der Waals surface area contributed by atoms with E-state index in [-0.39, 0.29) is 41.9 Å². The fourth-order valence-electron chi connectivity index (χ4n) is 3.46. The number of nitrogens with zero attached hydrogens (tertiary/aromatic N) is 2. The molecular formula is C21H21N3O4S2. The van der Waals surface area contributed by atoms with Crippen molar-refractivity contribution in [2.45, 2.75) is 35.1 Å². The highest BCUT2D eigenvalue weighted by Gasteiger charge is 2.37. The summed E-state index contributed by atoms with van der Waals surface area (Å²) in [5.41, 5.74) is 0.893. The fourth-order valence-corrected chi connectivity index (χ4v) is 6.07. The number of benzene rings is 2. The Bertz CT molecular complexity index is 1100. The highest BCUT2D eigenvalue weighted by molar-refractivity contribution is 7.99. The zero-order valence-electron chi connectivity index (χ0n) is 16.2. The summed E-state index contributed by atoms with van der Waals surface area (Å²) in [6.45, 7) is 0. The molecule has 7 nitrogen and oxygen atoms in total. The first-order valence-corrected chi connectivity index (χ1v) is 12.3. The molecule has 0 spiro atoms. The zero-order chi connectivity index (χ0) is 21.1. The van der Waals surface area contributed by atoms with E-state index in [1.54, 1.807) is 0 Å². The molecule has 2 heterocycles. The van der Waals surface area contributed by atoms with Crippen molar-refractivity contribution in [1.29, 1.82) is 0 Å². The van der Waals surface area contributed by atoms with Crippen molar-refractivity contribution >= 4 is 44.8 Å². The third-order valence-electron chi connectivity index (χ3n) is 4.98. The van der Waals surface area contributed by atoms with Crippen molar-refractivity contribution < 1.29 is 18.0 Å². The first kappa shape index (κ1) is 20.6. The largest absolute Gasteiger partial charge is 0.320 e. The molecule has 1 fully saturated rings. The summed E-state index contributed by atoms with van der Waals surface area (Å²) in [6.07, 6.45) is 0.723.